The van der Waals surface area contributed by atoms with E-state index in [1.54, 1.807) is 11.3 Å². The van der Waals surface area contributed by atoms with Crippen molar-refractivity contribution in [2.24, 2.45) is 5.10 Å². The van der Waals surface area contributed by atoms with E-state index in [2.05, 4.69) is 46.8 Å². The summed E-state index contributed by atoms with van der Waals surface area (Å²) in [5.74, 6) is 0.498. The van der Waals surface area contributed by atoms with E-state index in [0.717, 1.165) is 54.9 Å². The van der Waals surface area contributed by atoms with E-state index in [1.807, 2.05) is 133 Å². The Morgan fingerprint density at radius 1 is 0.808 bits per heavy atom. The van der Waals surface area contributed by atoms with E-state index in [0.29, 0.717) is 22.8 Å². The normalized spacial score (nSPS) is 16.4. The second-order valence-corrected chi connectivity index (χ2v) is 14.8. The molecule has 0 radical (unpaired) electrons. The van der Waals surface area contributed by atoms with E-state index in [9.17, 15) is 4.79 Å². The molecule has 3 N–H and O–H groups in total. The van der Waals surface area contributed by atoms with Gasteiger partial charge >= 0.3 is 0 Å². The van der Waals surface area contributed by atoms with E-state index < -0.39 is 5.92 Å². The number of para-hydroxylation sites is 3. The molecule has 0 saturated heterocycles. The van der Waals surface area contributed by atoms with E-state index >= 15 is 0 Å². The van der Waals surface area contributed by atoms with Gasteiger partial charge in [0.25, 0.3) is 5.91 Å². The molecule has 1 aromatic heterocycles. The first-order valence-corrected chi connectivity index (χ1v) is 18.3. The largest absolute Gasteiger partial charge is 0.460 e. The Kier molecular flexibility index (Phi) is 9.01. The summed E-state index contributed by atoms with van der Waals surface area (Å²) < 4.78 is 9.25. The highest BCUT2D eigenvalue weighted by Gasteiger charge is 2.46. The minimum Gasteiger partial charge on any atom is -0.460 e. The van der Waals surface area contributed by atoms with Gasteiger partial charge in [0.1, 0.15) is 11.5 Å². The number of benzene rings is 5. The van der Waals surface area contributed by atoms with E-state index in [1.165, 1.54) is 0 Å². The molecule has 2 heterocycles. The van der Waals surface area contributed by atoms with Crippen LogP contribution in [-0.2, 0) is 14.9 Å². The van der Waals surface area contributed by atoms with Crippen molar-refractivity contribution in [2.45, 2.75) is 31.6 Å². The molecule has 8 rings (SSSR count). The van der Waals surface area contributed by atoms with Gasteiger partial charge in [-0.05, 0) is 54.1 Å². The Labute approximate surface area is 311 Å². The summed E-state index contributed by atoms with van der Waals surface area (Å²) in [5.41, 5.74) is 15.8. The Balaban J connectivity index is 1.39. The number of aromatic nitrogens is 1. The molecule has 0 spiro atoms. The first kappa shape index (κ1) is 33.3. The van der Waals surface area contributed by atoms with Gasteiger partial charge in [0.2, 0.25) is 4.80 Å². The lowest BCUT2D eigenvalue weighted by atomic mass is 9.71. The van der Waals surface area contributed by atoms with Crippen LogP contribution in [0.2, 0.25) is 5.02 Å². The maximum atomic E-state index is 14.7. The zero-order chi connectivity index (χ0) is 35.7. The Bertz CT molecular complexity index is 2370. The molecule has 2 aliphatic rings. The average molecular weight is 722 g/mol. The number of nitrogens with one attached hydrogen (secondary N) is 3. The summed E-state index contributed by atoms with van der Waals surface area (Å²) in [6.07, 6.45) is 0.619. The van der Waals surface area contributed by atoms with Gasteiger partial charge in [-0.2, -0.15) is 0 Å². The van der Waals surface area contributed by atoms with Crippen LogP contribution in [0.25, 0.3) is 17.0 Å². The minimum atomic E-state index is -0.525. The number of hydrogen-bond acceptors (Lipinski definition) is 6. The number of thiazole rings is 1. The standard InChI is InChI=1S/C43H36ClN5O2S/c1-43(2)27-34-36(38-40(43)52-42(48-46-32-19-11-5-12-20-32)49(38)33-21-13-6-14-22-33)35(28-23-25-30(44)26-24-28)37(39(51-34)29-15-7-3-8-16-29)41(50)47-45-31-17-9-4-10-18-31/h3-26,35,45-46H,27H2,1-2H3,(H,47,50). The van der Waals surface area contributed by atoms with E-state index in [-0.39, 0.29) is 11.3 Å². The number of carbonyl (C=O) groups excluding carboxylic acids is 1. The number of allylic oxidation sites excluding steroid dienone is 2. The highest BCUT2D eigenvalue weighted by Crippen LogP contribution is 2.56. The predicted octanol–water partition coefficient (Wildman–Crippen LogP) is 9.88. The predicted molar refractivity (Wildman–Crippen MR) is 211 cm³/mol. The first-order chi connectivity index (χ1) is 25.4. The Hall–Kier alpha value is -5.83. The van der Waals surface area contributed by atoms with Crippen molar-refractivity contribution in [1.29, 1.82) is 0 Å². The third-order valence-electron chi connectivity index (χ3n) is 9.29. The molecule has 1 aliphatic heterocycles. The van der Waals surface area contributed by atoms with Crippen LogP contribution in [0.4, 0.5) is 11.4 Å². The summed E-state index contributed by atoms with van der Waals surface area (Å²) in [4.78, 5) is 16.7. The SMILES string of the molecule is CC1(C)CC2=C(c3c1sc(=NNc1ccccc1)n3-c1ccccc1)C(c1ccc(Cl)cc1)C(C(=O)NNc1ccccc1)=C(c1ccccc1)O2. The molecule has 6 aromatic rings. The molecule has 1 unspecified atom stereocenters. The number of hydrogen-bond donors (Lipinski definition) is 3. The zero-order valence-corrected chi connectivity index (χ0v) is 30.2. The van der Waals surface area contributed by atoms with Crippen LogP contribution in [0.5, 0.6) is 0 Å². The van der Waals surface area contributed by atoms with Crippen LogP contribution in [0.1, 0.15) is 47.9 Å². The van der Waals surface area contributed by atoms with Gasteiger partial charge in [-0.3, -0.25) is 25.6 Å². The highest BCUT2D eigenvalue weighted by molar-refractivity contribution is 7.09. The molecule has 5 aromatic carbocycles. The molecule has 1 amide bonds. The monoisotopic (exact) mass is 721 g/mol. The maximum Gasteiger partial charge on any atom is 0.270 e. The lowest BCUT2D eigenvalue weighted by molar-refractivity contribution is -0.117. The van der Waals surface area contributed by atoms with Crippen molar-refractivity contribution in [2.75, 3.05) is 10.9 Å². The Morgan fingerprint density at radius 3 is 2.06 bits per heavy atom. The molecule has 1 atom stereocenters. The van der Waals surface area contributed by atoms with Crippen LogP contribution in [0.3, 0.4) is 0 Å². The molecule has 258 valence electrons. The number of fused-ring (bicyclic) bond motifs is 2. The topological polar surface area (TPSA) is 79.7 Å². The number of nitrogens with zero attached hydrogens (tertiary/aromatic N) is 2. The number of hydrazine groups is 1. The van der Waals surface area contributed by atoms with E-state index in [4.69, 9.17) is 21.4 Å². The number of ether oxygens (including phenoxy) is 1. The van der Waals surface area contributed by atoms with Crippen molar-refractivity contribution in [1.82, 2.24) is 9.99 Å². The van der Waals surface area contributed by atoms with Gasteiger partial charge in [-0.15, -0.1) is 5.10 Å². The molecule has 0 saturated carbocycles. The van der Waals surface area contributed by atoms with Crippen molar-refractivity contribution < 1.29 is 9.53 Å². The molecule has 9 heteroatoms. The Morgan fingerprint density at radius 2 is 1.40 bits per heavy atom. The van der Waals surface area contributed by atoms with Crippen molar-refractivity contribution in [3.05, 3.63) is 188 Å². The summed E-state index contributed by atoms with van der Waals surface area (Å²) in [7, 11) is 0. The van der Waals surface area contributed by atoms with Gasteiger partial charge in [0, 0.05) is 44.5 Å². The zero-order valence-electron chi connectivity index (χ0n) is 28.6. The average Bonchev–Trinajstić information content (AvgIpc) is 3.58. The van der Waals surface area contributed by atoms with Gasteiger partial charge in [-0.1, -0.05) is 134 Å². The molecule has 0 fully saturated rings. The molecule has 52 heavy (non-hydrogen) atoms. The second-order valence-electron chi connectivity index (χ2n) is 13.4. The van der Waals surface area contributed by atoms with Crippen molar-refractivity contribution >= 4 is 51.6 Å². The maximum absolute atomic E-state index is 14.7. The number of carbonyl (C=O) groups is 1. The van der Waals surface area contributed by atoms with Crippen molar-refractivity contribution in [3.8, 4) is 5.69 Å². The minimum absolute atomic E-state index is 0.308. The van der Waals surface area contributed by atoms with Gasteiger partial charge in [-0.25, -0.2) is 0 Å². The fraction of sp³-hybridized carbons (Fsp3) is 0.116. The summed E-state index contributed by atoms with van der Waals surface area (Å²) in [5, 5.41) is 5.61. The van der Waals surface area contributed by atoms with Gasteiger partial charge in [0.05, 0.1) is 22.6 Å². The quantitative estimate of drug-likeness (QED) is 0.137. The molecule has 1 aliphatic carbocycles. The van der Waals surface area contributed by atoms with Gasteiger partial charge < -0.3 is 4.74 Å². The molecular weight excluding hydrogens is 686 g/mol. The van der Waals surface area contributed by atoms with Crippen LogP contribution in [0.15, 0.2) is 162 Å². The summed E-state index contributed by atoms with van der Waals surface area (Å²) in [6.45, 7) is 4.49. The number of amides is 1. The smallest absolute Gasteiger partial charge is 0.270 e. The molecule has 0 bridgehead atoms. The third-order valence-corrected chi connectivity index (χ3v) is 10.9. The van der Waals surface area contributed by atoms with Crippen LogP contribution in [-0.4, -0.2) is 10.5 Å². The summed E-state index contributed by atoms with van der Waals surface area (Å²) in [6, 6.07) is 47.3. The lowest BCUT2D eigenvalue weighted by Gasteiger charge is -2.40. The van der Waals surface area contributed by atoms with Gasteiger partial charge in [0.15, 0.2) is 0 Å². The molecular formula is C43H36ClN5O2S. The molecule has 7 nitrogen and oxygen atoms in total. The second kappa shape index (κ2) is 14.1. The van der Waals surface area contributed by atoms with Crippen LogP contribution < -0.4 is 21.1 Å². The van der Waals surface area contributed by atoms with Crippen LogP contribution >= 0.6 is 22.9 Å². The van der Waals surface area contributed by atoms with Crippen LogP contribution in [0, 0.1) is 0 Å². The third kappa shape index (κ3) is 6.43. The fourth-order valence-electron chi connectivity index (χ4n) is 6.89. The lowest BCUT2D eigenvalue weighted by Crippen LogP contribution is -2.37. The van der Waals surface area contributed by atoms with Crippen molar-refractivity contribution in [3.63, 3.8) is 0 Å². The highest BCUT2D eigenvalue weighted by atomic mass is 35.5. The summed E-state index contributed by atoms with van der Waals surface area (Å²) >= 11 is 8.13. The first-order valence-electron chi connectivity index (χ1n) is 17.1. The fourth-order valence-corrected chi connectivity index (χ4v) is 8.23. The number of anilines is 2. The number of rotatable bonds is 8. The number of halogens is 1.